The van der Waals surface area contributed by atoms with E-state index in [0.29, 0.717) is 11.6 Å². The molecule has 2 aromatic rings. The summed E-state index contributed by atoms with van der Waals surface area (Å²) >= 11 is 0. The van der Waals surface area contributed by atoms with Crippen LogP contribution in [0.3, 0.4) is 0 Å². The number of urea groups is 1. The van der Waals surface area contributed by atoms with Crippen LogP contribution in [0.25, 0.3) is 11.5 Å². The third kappa shape index (κ3) is 4.60. The Balaban J connectivity index is 1.69. The SMILES string of the molecule is Cc1coc(-c2cc(NC(=O)N3CCO[C@@H](C(F)(F)F)CC3)ccc2C)n1. The number of nitrogens with one attached hydrogen (secondary N) is 1. The average molecular weight is 383 g/mol. The number of benzene rings is 1. The lowest BCUT2D eigenvalue weighted by atomic mass is 10.1. The first kappa shape index (κ1) is 19.2. The molecule has 1 atom stereocenters. The van der Waals surface area contributed by atoms with Gasteiger partial charge in [0, 0.05) is 30.8 Å². The van der Waals surface area contributed by atoms with Crippen LogP contribution >= 0.6 is 0 Å². The van der Waals surface area contributed by atoms with Crippen LogP contribution in [0.5, 0.6) is 0 Å². The van der Waals surface area contributed by atoms with Crippen LogP contribution in [-0.4, -0.2) is 47.9 Å². The summed E-state index contributed by atoms with van der Waals surface area (Å²) in [5, 5.41) is 2.72. The summed E-state index contributed by atoms with van der Waals surface area (Å²) in [6, 6.07) is 4.79. The zero-order chi connectivity index (χ0) is 19.6. The van der Waals surface area contributed by atoms with E-state index in [2.05, 4.69) is 10.3 Å². The highest BCUT2D eigenvalue weighted by atomic mass is 19.4. The summed E-state index contributed by atoms with van der Waals surface area (Å²) in [5.74, 6) is 0.442. The van der Waals surface area contributed by atoms with Crippen LogP contribution in [0, 0.1) is 13.8 Å². The van der Waals surface area contributed by atoms with E-state index in [1.807, 2.05) is 19.9 Å². The van der Waals surface area contributed by atoms with Gasteiger partial charge in [-0.05, 0) is 31.5 Å². The van der Waals surface area contributed by atoms with Crippen LogP contribution in [0.2, 0.25) is 0 Å². The molecule has 6 nitrogen and oxygen atoms in total. The number of hydrogen-bond acceptors (Lipinski definition) is 4. The first-order valence-corrected chi connectivity index (χ1v) is 8.51. The number of carbonyl (C=O) groups excluding carboxylic acids is 1. The highest BCUT2D eigenvalue weighted by molar-refractivity contribution is 5.90. The maximum absolute atomic E-state index is 12.8. The Bertz CT molecular complexity index is 820. The Kier molecular flexibility index (Phi) is 5.41. The van der Waals surface area contributed by atoms with Crippen molar-refractivity contribution in [1.82, 2.24) is 9.88 Å². The van der Waals surface area contributed by atoms with E-state index < -0.39 is 18.3 Å². The second kappa shape index (κ2) is 7.59. The van der Waals surface area contributed by atoms with E-state index >= 15 is 0 Å². The molecule has 1 aliphatic heterocycles. The number of hydrogen-bond donors (Lipinski definition) is 1. The van der Waals surface area contributed by atoms with Gasteiger partial charge in [-0.3, -0.25) is 0 Å². The van der Waals surface area contributed by atoms with Gasteiger partial charge in [-0.15, -0.1) is 0 Å². The Morgan fingerprint density at radius 2 is 2.07 bits per heavy atom. The molecule has 146 valence electrons. The molecule has 0 saturated carbocycles. The average Bonchev–Trinajstić information content (AvgIpc) is 2.87. The number of nitrogens with zero attached hydrogens (tertiary/aromatic N) is 2. The molecule has 1 aliphatic rings. The molecule has 1 aromatic carbocycles. The number of amides is 2. The van der Waals surface area contributed by atoms with Crippen LogP contribution in [-0.2, 0) is 4.74 Å². The fraction of sp³-hybridized carbons (Fsp3) is 0.444. The van der Waals surface area contributed by atoms with E-state index in [1.54, 1.807) is 12.1 Å². The molecule has 0 bridgehead atoms. The predicted octanol–water partition coefficient (Wildman–Crippen LogP) is 4.14. The standard InChI is InChI=1S/C18H20F3N3O3/c1-11-3-4-13(9-14(11)16-22-12(2)10-27-16)23-17(25)24-6-5-15(18(19,20)21)26-8-7-24/h3-4,9-10,15H,5-8H2,1-2H3,(H,23,25)/t15-/m1/s1. The van der Waals surface area contributed by atoms with Crippen molar-refractivity contribution in [2.75, 3.05) is 25.0 Å². The van der Waals surface area contributed by atoms with Crippen LogP contribution in [0.4, 0.5) is 23.7 Å². The smallest absolute Gasteiger partial charge is 0.414 e. The number of aryl methyl sites for hydroxylation is 2. The van der Waals surface area contributed by atoms with Crippen LogP contribution in [0.15, 0.2) is 28.9 Å². The van der Waals surface area contributed by atoms with Gasteiger partial charge in [0.05, 0.1) is 12.3 Å². The van der Waals surface area contributed by atoms with Gasteiger partial charge in [0.2, 0.25) is 5.89 Å². The quantitative estimate of drug-likeness (QED) is 0.846. The van der Waals surface area contributed by atoms with E-state index in [-0.39, 0.29) is 26.1 Å². The molecular weight excluding hydrogens is 363 g/mol. The molecule has 9 heteroatoms. The molecule has 1 fully saturated rings. The maximum Gasteiger partial charge on any atom is 0.414 e. The minimum Gasteiger partial charge on any atom is -0.444 e. The van der Waals surface area contributed by atoms with Gasteiger partial charge in [0.15, 0.2) is 6.10 Å². The largest absolute Gasteiger partial charge is 0.444 e. The van der Waals surface area contributed by atoms with E-state index in [0.717, 1.165) is 16.8 Å². The lowest BCUT2D eigenvalue weighted by Crippen LogP contribution is -2.37. The second-order valence-corrected chi connectivity index (χ2v) is 6.43. The minimum atomic E-state index is -4.42. The molecule has 0 aliphatic carbocycles. The second-order valence-electron chi connectivity index (χ2n) is 6.43. The zero-order valence-electron chi connectivity index (χ0n) is 15.0. The third-order valence-electron chi connectivity index (χ3n) is 4.33. The van der Waals surface area contributed by atoms with Gasteiger partial charge in [0.25, 0.3) is 0 Å². The number of rotatable bonds is 2. The molecule has 2 amide bonds. The van der Waals surface area contributed by atoms with E-state index in [9.17, 15) is 18.0 Å². The van der Waals surface area contributed by atoms with Gasteiger partial charge >= 0.3 is 12.2 Å². The monoisotopic (exact) mass is 383 g/mol. The maximum atomic E-state index is 12.8. The van der Waals surface area contributed by atoms with Crippen LogP contribution in [0.1, 0.15) is 17.7 Å². The zero-order valence-corrected chi connectivity index (χ0v) is 15.0. The summed E-state index contributed by atoms with van der Waals surface area (Å²) in [6.07, 6.45) is -5.01. The normalized spacial score (nSPS) is 18.3. The fourth-order valence-electron chi connectivity index (χ4n) is 2.85. The molecule has 3 rings (SSSR count). The highest BCUT2D eigenvalue weighted by Gasteiger charge is 2.41. The molecule has 1 saturated heterocycles. The number of alkyl halides is 3. The third-order valence-corrected chi connectivity index (χ3v) is 4.33. The van der Waals surface area contributed by atoms with Crippen molar-refractivity contribution in [3.8, 4) is 11.5 Å². The van der Waals surface area contributed by atoms with Gasteiger partial charge in [-0.1, -0.05) is 6.07 Å². The molecule has 1 aromatic heterocycles. The Labute approximate surface area is 154 Å². The first-order valence-electron chi connectivity index (χ1n) is 8.51. The summed E-state index contributed by atoms with van der Waals surface area (Å²) in [7, 11) is 0. The van der Waals surface area contributed by atoms with Gasteiger partial charge in [-0.25, -0.2) is 9.78 Å². The van der Waals surface area contributed by atoms with Crippen LogP contribution < -0.4 is 5.32 Å². The number of anilines is 1. The predicted molar refractivity (Wildman–Crippen MR) is 92.4 cm³/mol. The van der Waals surface area contributed by atoms with Crippen molar-refractivity contribution in [2.45, 2.75) is 32.5 Å². The molecule has 0 spiro atoms. The summed E-state index contributed by atoms with van der Waals surface area (Å²) < 4.78 is 48.6. The number of ether oxygens (including phenoxy) is 1. The summed E-state index contributed by atoms with van der Waals surface area (Å²) in [4.78, 5) is 18.1. The molecule has 1 N–H and O–H groups in total. The Hall–Kier alpha value is -2.55. The molecule has 0 radical (unpaired) electrons. The number of halogens is 3. The molecule has 27 heavy (non-hydrogen) atoms. The van der Waals surface area contributed by atoms with Crippen molar-refractivity contribution in [1.29, 1.82) is 0 Å². The molecule has 2 heterocycles. The van der Waals surface area contributed by atoms with Crippen molar-refractivity contribution < 1.29 is 27.1 Å². The van der Waals surface area contributed by atoms with Crippen molar-refractivity contribution in [3.05, 3.63) is 35.7 Å². The van der Waals surface area contributed by atoms with Gasteiger partial charge < -0.3 is 19.4 Å². The highest BCUT2D eigenvalue weighted by Crippen LogP contribution is 2.28. The summed E-state index contributed by atoms with van der Waals surface area (Å²) in [5.41, 5.74) is 2.90. The summed E-state index contributed by atoms with van der Waals surface area (Å²) in [6.45, 7) is 3.60. The lowest BCUT2D eigenvalue weighted by Gasteiger charge is -2.21. The molecule has 0 unspecified atom stereocenters. The number of oxazole rings is 1. The molecular formula is C18H20F3N3O3. The first-order chi connectivity index (χ1) is 12.7. The fourth-order valence-corrected chi connectivity index (χ4v) is 2.85. The van der Waals surface area contributed by atoms with Crippen molar-refractivity contribution >= 4 is 11.7 Å². The van der Waals surface area contributed by atoms with E-state index in [4.69, 9.17) is 9.15 Å². The van der Waals surface area contributed by atoms with Gasteiger partial charge in [0.1, 0.15) is 6.26 Å². The Morgan fingerprint density at radius 1 is 1.30 bits per heavy atom. The number of aromatic nitrogens is 1. The van der Waals surface area contributed by atoms with E-state index in [1.165, 1.54) is 11.2 Å². The topological polar surface area (TPSA) is 67.6 Å². The number of carbonyl (C=O) groups is 1. The minimum absolute atomic E-state index is 0.0341. The Morgan fingerprint density at radius 3 is 2.74 bits per heavy atom. The van der Waals surface area contributed by atoms with Gasteiger partial charge in [-0.2, -0.15) is 13.2 Å². The van der Waals surface area contributed by atoms with Crippen molar-refractivity contribution in [3.63, 3.8) is 0 Å². The lowest BCUT2D eigenvalue weighted by molar-refractivity contribution is -0.218. The van der Waals surface area contributed by atoms with Crippen molar-refractivity contribution in [2.24, 2.45) is 0 Å².